The van der Waals surface area contributed by atoms with Gasteiger partial charge in [-0.05, 0) is 48.4 Å². The molecule has 3 rings (SSSR count). The zero-order valence-electron chi connectivity index (χ0n) is 13.7. The van der Waals surface area contributed by atoms with Gasteiger partial charge < -0.3 is 19.8 Å². The van der Waals surface area contributed by atoms with Crippen LogP contribution >= 0.6 is 0 Å². The molecule has 0 bridgehead atoms. The SMILES string of the molecule is COc1ccc(CCNc2ccc(NC(=O)c3ccco3)nn2)cc1. The quantitative estimate of drug-likeness (QED) is 0.688. The smallest absolute Gasteiger partial charge is 0.292 e. The van der Waals surface area contributed by atoms with E-state index in [1.54, 1.807) is 31.4 Å². The van der Waals surface area contributed by atoms with Crippen LogP contribution in [0.2, 0.25) is 0 Å². The van der Waals surface area contributed by atoms with Gasteiger partial charge in [0.15, 0.2) is 11.6 Å². The van der Waals surface area contributed by atoms with Crippen molar-refractivity contribution in [3.8, 4) is 5.75 Å². The molecule has 1 amide bonds. The number of methoxy groups -OCH3 is 1. The highest BCUT2D eigenvalue weighted by Crippen LogP contribution is 2.12. The van der Waals surface area contributed by atoms with Crippen LogP contribution in [0.3, 0.4) is 0 Å². The summed E-state index contributed by atoms with van der Waals surface area (Å²) in [7, 11) is 1.65. The van der Waals surface area contributed by atoms with E-state index in [-0.39, 0.29) is 11.7 Å². The molecule has 2 aromatic heterocycles. The van der Waals surface area contributed by atoms with Gasteiger partial charge in [0.25, 0.3) is 5.91 Å². The maximum atomic E-state index is 11.8. The number of hydrogen-bond donors (Lipinski definition) is 2. The number of ether oxygens (including phenoxy) is 1. The summed E-state index contributed by atoms with van der Waals surface area (Å²) in [5.74, 6) is 1.71. The molecule has 1 aromatic carbocycles. The molecule has 0 atom stereocenters. The van der Waals surface area contributed by atoms with Gasteiger partial charge in [-0.15, -0.1) is 10.2 Å². The Morgan fingerprint density at radius 1 is 1.08 bits per heavy atom. The minimum atomic E-state index is -0.362. The van der Waals surface area contributed by atoms with Crippen molar-refractivity contribution in [1.29, 1.82) is 0 Å². The number of carbonyl (C=O) groups excluding carboxylic acids is 1. The predicted octanol–water partition coefficient (Wildman–Crippen LogP) is 2.99. The van der Waals surface area contributed by atoms with Crippen LogP contribution < -0.4 is 15.4 Å². The van der Waals surface area contributed by atoms with Crippen molar-refractivity contribution in [2.45, 2.75) is 6.42 Å². The first-order valence-electron chi connectivity index (χ1n) is 7.80. The van der Waals surface area contributed by atoms with Crippen LogP contribution in [0.4, 0.5) is 11.6 Å². The van der Waals surface area contributed by atoms with Gasteiger partial charge in [-0.2, -0.15) is 0 Å². The van der Waals surface area contributed by atoms with Crippen molar-refractivity contribution < 1.29 is 13.9 Å². The Kier molecular flexibility index (Phi) is 5.26. The molecule has 3 aromatic rings. The Bertz CT molecular complexity index is 799. The fourth-order valence-electron chi connectivity index (χ4n) is 2.21. The molecule has 0 fully saturated rings. The zero-order chi connectivity index (χ0) is 17.5. The second-order valence-corrected chi connectivity index (χ2v) is 5.26. The molecule has 0 aliphatic carbocycles. The van der Waals surface area contributed by atoms with Gasteiger partial charge in [0.05, 0.1) is 13.4 Å². The average molecular weight is 338 g/mol. The lowest BCUT2D eigenvalue weighted by molar-refractivity contribution is 0.0996. The highest BCUT2D eigenvalue weighted by Gasteiger charge is 2.09. The van der Waals surface area contributed by atoms with E-state index < -0.39 is 0 Å². The molecule has 2 heterocycles. The first kappa shape index (κ1) is 16.5. The first-order chi connectivity index (χ1) is 12.2. The minimum absolute atomic E-state index is 0.225. The number of nitrogens with one attached hydrogen (secondary N) is 2. The van der Waals surface area contributed by atoms with E-state index in [0.29, 0.717) is 11.6 Å². The molecule has 0 aliphatic heterocycles. The van der Waals surface area contributed by atoms with E-state index in [9.17, 15) is 4.79 Å². The average Bonchev–Trinajstić information content (AvgIpc) is 3.19. The van der Waals surface area contributed by atoms with Gasteiger partial charge in [0.1, 0.15) is 11.6 Å². The molecule has 0 spiro atoms. The van der Waals surface area contributed by atoms with Crippen molar-refractivity contribution in [3.63, 3.8) is 0 Å². The summed E-state index contributed by atoms with van der Waals surface area (Å²) in [6.45, 7) is 0.721. The Morgan fingerprint density at radius 2 is 1.84 bits per heavy atom. The molecular weight excluding hydrogens is 320 g/mol. The molecule has 0 unspecified atom stereocenters. The van der Waals surface area contributed by atoms with Crippen molar-refractivity contribution in [2.24, 2.45) is 0 Å². The van der Waals surface area contributed by atoms with Crippen LogP contribution in [0.25, 0.3) is 0 Å². The molecule has 0 aliphatic rings. The van der Waals surface area contributed by atoms with E-state index in [2.05, 4.69) is 20.8 Å². The minimum Gasteiger partial charge on any atom is -0.497 e. The van der Waals surface area contributed by atoms with Gasteiger partial charge in [-0.3, -0.25) is 4.79 Å². The highest BCUT2D eigenvalue weighted by atomic mass is 16.5. The van der Waals surface area contributed by atoms with Crippen molar-refractivity contribution in [1.82, 2.24) is 10.2 Å². The molecular formula is C18H18N4O3. The van der Waals surface area contributed by atoms with E-state index in [1.807, 2.05) is 24.3 Å². The topological polar surface area (TPSA) is 89.3 Å². The van der Waals surface area contributed by atoms with E-state index in [4.69, 9.17) is 9.15 Å². The van der Waals surface area contributed by atoms with Crippen LogP contribution in [0, 0.1) is 0 Å². The lowest BCUT2D eigenvalue weighted by atomic mass is 10.1. The third kappa shape index (κ3) is 4.57. The van der Waals surface area contributed by atoms with Crippen LogP contribution in [0.5, 0.6) is 5.75 Å². The van der Waals surface area contributed by atoms with Gasteiger partial charge in [-0.25, -0.2) is 0 Å². The van der Waals surface area contributed by atoms with E-state index in [0.717, 1.165) is 18.7 Å². The second-order valence-electron chi connectivity index (χ2n) is 5.26. The summed E-state index contributed by atoms with van der Waals surface area (Å²) in [5, 5.41) is 13.8. The van der Waals surface area contributed by atoms with Crippen molar-refractivity contribution in [2.75, 3.05) is 24.3 Å². The molecule has 2 N–H and O–H groups in total. The van der Waals surface area contributed by atoms with Crippen molar-refractivity contribution in [3.05, 3.63) is 66.1 Å². The van der Waals surface area contributed by atoms with Crippen LogP contribution in [0.1, 0.15) is 16.1 Å². The van der Waals surface area contributed by atoms with E-state index >= 15 is 0 Å². The van der Waals surface area contributed by atoms with Crippen LogP contribution in [0.15, 0.2) is 59.2 Å². The number of carbonyl (C=O) groups is 1. The van der Waals surface area contributed by atoms with Crippen molar-refractivity contribution >= 4 is 17.5 Å². The second kappa shape index (κ2) is 7.96. The number of furan rings is 1. The van der Waals surface area contributed by atoms with Gasteiger partial charge in [0.2, 0.25) is 0 Å². The van der Waals surface area contributed by atoms with Gasteiger partial charge in [0, 0.05) is 6.54 Å². The Balaban J connectivity index is 1.48. The summed E-state index contributed by atoms with van der Waals surface area (Å²) in [6, 6.07) is 14.6. The lowest BCUT2D eigenvalue weighted by Gasteiger charge is -2.07. The third-order valence-electron chi connectivity index (χ3n) is 3.53. The molecule has 25 heavy (non-hydrogen) atoms. The molecule has 7 nitrogen and oxygen atoms in total. The maximum absolute atomic E-state index is 11.8. The van der Waals surface area contributed by atoms with Crippen LogP contribution in [-0.4, -0.2) is 29.8 Å². The Morgan fingerprint density at radius 3 is 2.48 bits per heavy atom. The summed E-state index contributed by atoms with van der Waals surface area (Å²) in [4.78, 5) is 11.8. The number of benzene rings is 1. The Labute approximate surface area is 145 Å². The summed E-state index contributed by atoms with van der Waals surface area (Å²) >= 11 is 0. The van der Waals surface area contributed by atoms with Gasteiger partial charge in [-0.1, -0.05) is 12.1 Å². The molecule has 128 valence electrons. The highest BCUT2D eigenvalue weighted by molar-refractivity contribution is 6.01. The van der Waals surface area contributed by atoms with Crippen LogP contribution in [-0.2, 0) is 6.42 Å². The number of nitrogens with zero attached hydrogens (tertiary/aromatic N) is 2. The summed E-state index contributed by atoms with van der Waals surface area (Å²) in [5.41, 5.74) is 1.20. The van der Waals surface area contributed by atoms with Gasteiger partial charge >= 0.3 is 0 Å². The summed E-state index contributed by atoms with van der Waals surface area (Å²) < 4.78 is 10.2. The number of amides is 1. The predicted molar refractivity (Wildman–Crippen MR) is 93.9 cm³/mol. The largest absolute Gasteiger partial charge is 0.497 e. The third-order valence-corrected chi connectivity index (χ3v) is 3.53. The fraction of sp³-hybridized carbons (Fsp3) is 0.167. The molecule has 0 saturated heterocycles. The monoisotopic (exact) mass is 338 g/mol. The number of hydrogen-bond acceptors (Lipinski definition) is 6. The molecule has 7 heteroatoms. The standard InChI is InChI=1S/C18H18N4O3/c1-24-14-6-4-13(5-7-14)10-11-19-16-8-9-17(22-21-16)20-18(23)15-3-2-12-25-15/h2-9,12H,10-11H2,1H3,(H,19,21)(H,20,22,23). The molecule has 0 radical (unpaired) electrons. The normalized spacial score (nSPS) is 10.3. The lowest BCUT2D eigenvalue weighted by Crippen LogP contribution is -2.13. The number of aromatic nitrogens is 2. The number of anilines is 2. The van der Waals surface area contributed by atoms with E-state index in [1.165, 1.54) is 11.8 Å². The number of rotatable bonds is 7. The first-order valence-corrected chi connectivity index (χ1v) is 7.80. The summed E-state index contributed by atoms with van der Waals surface area (Å²) in [6.07, 6.45) is 2.29. The molecule has 0 saturated carbocycles. The zero-order valence-corrected chi connectivity index (χ0v) is 13.7. The maximum Gasteiger partial charge on any atom is 0.292 e. The Hall–Kier alpha value is -3.35. The fourth-order valence-corrected chi connectivity index (χ4v) is 2.21.